The maximum Gasteiger partial charge on any atom is 0.252 e. The van der Waals surface area contributed by atoms with E-state index in [0.29, 0.717) is 11.6 Å². The van der Waals surface area contributed by atoms with Crippen molar-refractivity contribution in [2.24, 2.45) is 0 Å². The Morgan fingerprint density at radius 1 is 1.09 bits per heavy atom. The van der Waals surface area contributed by atoms with Crippen LogP contribution in [0.25, 0.3) is 5.52 Å². The molecular weight excluding hydrogens is 286 g/mol. The van der Waals surface area contributed by atoms with Crippen molar-refractivity contribution in [3.63, 3.8) is 0 Å². The van der Waals surface area contributed by atoms with Gasteiger partial charge in [0.15, 0.2) is 0 Å². The second kappa shape index (κ2) is 5.47. The minimum Gasteiger partial charge on any atom is -0.349 e. The zero-order chi connectivity index (χ0) is 15.8. The highest BCUT2D eigenvalue weighted by atomic mass is 16.1. The summed E-state index contributed by atoms with van der Waals surface area (Å²) in [6.45, 7) is 0. The fourth-order valence-corrected chi connectivity index (χ4v) is 2.77. The van der Waals surface area contributed by atoms with Crippen molar-refractivity contribution in [3.8, 4) is 0 Å². The molecule has 1 aliphatic rings. The molecule has 1 amide bonds. The molecule has 0 aliphatic heterocycles. The van der Waals surface area contributed by atoms with Gasteiger partial charge in [-0.1, -0.05) is 18.2 Å². The lowest BCUT2D eigenvalue weighted by molar-refractivity contribution is 0.0950. The Kier molecular flexibility index (Phi) is 3.30. The molecule has 2 heterocycles. The molecule has 1 aliphatic carbocycles. The molecule has 4 heteroatoms. The number of nitrogens with zero attached hydrogens (tertiary/aromatic N) is 2. The quantitative estimate of drug-likeness (QED) is 0.799. The summed E-state index contributed by atoms with van der Waals surface area (Å²) in [4.78, 5) is 14.4. The zero-order valence-corrected chi connectivity index (χ0v) is 13.1. The number of nitrogens with one attached hydrogen (secondary N) is 1. The molecule has 0 spiro atoms. The number of carbonyl (C=O) groups is 1. The topological polar surface area (TPSA) is 36.8 Å². The molecule has 1 fully saturated rings. The smallest absolute Gasteiger partial charge is 0.252 e. The average molecular weight is 305 g/mol. The minimum atomic E-state index is 0.0106. The number of hydrogen-bond acceptors (Lipinski definition) is 2. The Morgan fingerprint density at radius 3 is 2.57 bits per heavy atom. The van der Waals surface area contributed by atoms with Gasteiger partial charge in [0.05, 0.1) is 5.56 Å². The van der Waals surface area contributed by atoms with E-state index in [1.807, 2.05) is 43.6 Å². The minimum absolute atomic E-state index is 0.0106. The van der Waals surface area contributed by atoms with Gasteiger partial charge in [-0.05, 0) is 49.2 Å². The van der Waals surface area contributed by atoms with Crippen molar-refractivity contribution in [2.75, 3.05) is 11.9 Å². The lowest BCUT2D eigenvalue weighted by Crippen LogP contribution is -2.25. The van der Waals surface area contributed by atoms with E-state index in [-0.39, 0.29) is 5.91 Å². The van der Waals surface area contributed by atoms with Crippen molar-refractivity contribution in [3.05, 3.63) is 66.4 Å². The highest BCUT2D eigenvalue weighted by molar-refractivity contribution is 5.94. The van der Waals surface area contributed by atoms with E-state index in [1.54, 1.807) is 0 Å². The van der Waals surface area contributed by atoms with Crippen LogP contribution in [0.5, 0.6) is 0 Å². The number of para-hydroxylation sites is 1. The van der Waals surface area contributed by atoms with Gasteiger partial charge in [-0.25, -0.2) is 0 Å². The molecule has 23 heavy (non-hydrogen) atoms. The second-order valence-electron chi connectivity index (χ2n) is 6.05. The summed E-state index contributed by atoms with van der Waals surface area (Å²) < 4.78 is 2.06. The Labute approximate surface area is 135 Å². The number of amides is 1. The van der Waals surface area contributed by atoms with Gasteiger partial charge in [0.25, 0.3) is 5.91 Å². The number of rotatable bonds is 4. The summed E-state index contributed by atoms with van der Waals surface area (Å²) in [5.74, 6) is 1.05. The van der Waals surface area contributed by atoms with Gasteiger partial charge < -0.3 is 14.6 Å². The van der Waals surface area contributed by atoms with Gasteiger partial charge >= 0.3 is 0 Å². The Bertz CT molecular complexity index is 849. The molecule has 1 N–H and O–H groups in total. The van der Waals surface area contributed by atoms with Crippen LogP contribution in [0.15, 0.2) is 60.8 Å². The monoisotopic (exact) mass is 305 g/mol. The first-order chi connectivity index (χ1) is 11.2. The predicted octanol–water partition coefficient (Wildman–Crippen LogP) is 3.60. The maximum absolute atomic E-state index is 12.3. The Morgan fingerprint density at radius 2 is 1.83 bits per heavy atom. The molecule has 4 nitrogen and oxygen atoms in total. The third-order valence-electron chi connectivity index (χ3n) is 4.29. The van der Waals surface area contributed by atoms with Crippen LogP contribution in [-0.4, -0.2) is 23.4 Å². The summed E-state index contributed by atoms with van der Waals surface area (Å²) in [7, 11) is 2.04. The summed E-state index contributed by atoms with van der Waals surface area (Å²) in [6, 6.07) is 18.6. The molecule has 3 aromatic rings. The van der Waals surface area contributed by atoms with E-state index in [1.165, 1.54) is 0 Å². The van der Waals surface area contributed by atoms with Crippen LogP contribution >= 0.6 is 0 Å². The van der Waals surface area contributed by atoms with Crippen molar-refractivity contribution < 1.29 is 4.79 Å². The highest BCUT2D eigenvalue weighted by Gasteiger charge is 2.24. The third-order valence-corrected chi connectivity index (χ3v) is 4.29. The fraction of sp³-hybridized carbons (Fsp3) is 0.211. The molecule has 2 aromatic heterocycles. The van der Waals surface area contributed by atoms with Crippen LogP contribution in [0.3, 0.4) is 0 Å². The van der Waals surface area contributed by atoms with Gasteiger partial charge in [-0.15, -0.1) is 0 Å². The second-order valence-corrected chi connectivity index (χ2v) is 6.05. The number of benzene rings is 1. The number of hydrogen-bond donors (Lipinski definition) is 1. The molecular formula is C19H19N3O. The first-order valence-corrected chi connectivity index (χ1v) is 7.93. The summed E-state index contributed by atoms with van der Waals surface area (Å²) in [5, 5.41) is 3.04. The van der Waals surface area contributed by atoms with Gasteiger partial charge in [0, 0.05) is 30.5 Å². The van der Waals surface area contributed by atoms with Gasteiger partial charge in [0.1, 0.15) is 5.82 Å². The standard InChI is InChI=1S/C19H19N3O/c1-21(16-5-3-2-4-6-16)18-12-11-17-10-7-14(13-22(17)18)19(23)20-15-8-9-15/h2-7,10-13,15H,8-9H2,1H3,(H,20,23). The molecule has 116 valence electrons. The summed E-state index contributed by atoms with van der Waals surface area (Å²) in [6.07, 6.45) is 4.11. The van der Waals surface area contributed by atoms with Crippen LogP contribution in [0.4, 0.5) is 11.5 Å². The molecule has 4 rings (SSSR count). The number of pyridine rings is 1. The lowest BCUT2D eigenvalue weighted by atomic mass is 10.2. The van der Waals surface area contributed by atoms with E-state index >= 15 is 0 Å². The molecule has 0 bridgehead atoms. The number of fused-ring (bicyclic) bond motifs is 1. The molecule has 0 atom stereocenters. The van der Waals surface area contributed by atoms with E-state index in [0.717, 1.165) is 29.9 Å². The van der Waals surface area contributed by atoms with E-state index < -0.39 is 0 Å². The number of aromatic nitrogens is 1. The van der Waals surface area contributed by atoms with Crippen molar-refractivity contribution in [2.45, 2.75) is 18.9 Å². The first kappa shape index (κ1) is 13.9. The largest absolute Gasteiger partial charge is 0.349 e. The van der Waals surface area contributed by atoms with Crippen molar-refractivity contribution >= 4 is 22.9 Å². The average Bonchev–Trinajstić information content (AvgIpc) is 3.30. The van der Waals surface area contributed by atoms with E-state index in [2.05, 4.69) is 38.9 Å². The van der Waals surface area contributed by atoms with Crippen LogP contribution in [0.1, 0.15) is 23.2 Å². The van der Waals surface area contributed by atoms with Gasteiger partial charge in [0.2, 0.25) is 0 Å². The molecule has 1 aromatic carbocycles. The first-order valence-electron chi connectivity index (χ1n) is 7.93. The fourth-order valence-electron chi connectivity index (χ4n) is 2.77. The van der Waals surface area contributed by atoms with Gasteiger partial charge in [-0.3, -0.25) is 4.79 Å². The summed E-state index contributed by atoms with van der Waals surface area (Å²) in [5.41, 5.74) is 2.88. The molecule has 0 radical (unpaired) electrons. The number of carbonyl (C=O) groups excluding carboxylic acids is 1. The van der Waals surface area contributed by atoms with Crippen molar-refractivity contribution in [1.29, 1.82) is 0 Å². The normalized spacial score (nSPS) is 14.0. The van der Waals surface area contributed by atoms with Crippen LogP contribution in [0, 0.1) is 0 Å². The van der Waals surface area contributed by atoms with E-state index in [9.17, 15) is 4.79 Å². The predicted molar refractivity (Wildman–Crippen MR) is 92.4 cm³/mol. The van der Waals surface area contributed by atoms with Crippen LogP contribution in [0.2, 0.25) is 0 Å². The Hall–Kier alpha value is -2.75. The number of anilines is 2. The summed E-state index contributed by atoms with van der Waals surface area (Å²) >= 11 is 0. The SMILES string of the molecule is CN(c1ccccc1)c1ccc2ccc(C(=O)NC3CC3)cn12. The van der Waals surface area contributed by atoms with Crippen LogP contribution < -0.4 is 10.2 Å². The van der Waals surface area contributed by atoms with Crippen molar-refractivity contribution in [1.82, 2.24) is 9.72 Å². The lowest BCUT2D eigenvalue weighted by Gasteiger charge is -2.19. The van der Waals surface area contributed by atoms with Crippen LogP contribution in [-0.2, 0) is 0 Å². The zero-order valence-electron chi connectivity index (χ0n) is 13.1. The highest BCUT2D eigenvalue weighted by Crippen LogP contribution is 2.26. The molecule has 0 unspecified atom stereocenters. The van der Waals surface area contributed by atoms with Gasteiger partial charge in [-0.2, -0.15) is 0 Å². The maximum atomic E-state index is 12.3. The molecule has 0 saturated heterocycles. The molecule has 1 saturated carbocycles. The third kappa shape index (κ3) is 2.68. The Balaban J connectivity index is 1.71. The van der Waals surface area contributed by atoms with E-state index in [4.69, 9.17) is 0 Å².